The van der Waals surface area contributed by atoms with Crippen molar-refractivity contribution in [3.05, 3.63) is 34.9 Å². The Hall–Kier alpha value is -2.48. The van der Waals surface area contributed by atoms with E-state index in [0.29, 0.717) is 18.6 Å². The third kappa shape index (κ3) is 9.05. The molecule has 0 bridgehead atoms. The standard InChI is InChI=1S/C20H26BF6N3O4/c22-19(23,24)14-8-12(9-15(10-14)20(25,26)27)11-29-18(32)34-21(33)7-3-6-16(28)30-17(31)13-4-1-2-5-13/h8-10,13,16,33H,1-7,11,28H2,(H,29,32)(H,30,31). The highest BCUT2D eigenvalue weighted by molar-refractivity contribution is 6.45. The highest BCUT2D eigenvalue weighted by Crippen LogP contribution is 2.36. The summed E-state index contributed by atoms with van der Waals surface area (Å²) in [6.07, 6.45) is -7.72. The first kappa shape index (κ1) is 27.8. The number of carbonyl (C=O) groups excluding carboxylic acids is 2. The third-order valence-electron chi connectivity index (χ3n) is 5.35. The molecule has 0 spiro atoms. The topological polar surface area (TPSA) is 114 Å². The zero-order chi connectivity index (χ0) is 25.5. The van der Waals surface area contributed by atoms with E-state index in [2.05, 4.69) is 9.97 Å². The van der Waals surface area contributed by atoms with Gasteiger partial charge in [0.15, 0.2) is 0 Å². The Labute approximate surface area is 192 Å². The molecule has 1 unspecified atom stereocenters. The number of nitrogens with one attached hydrogen (secondary N) is 2. The fourth-order valence-corrected chi connectivity index (χ4v) is 3.59. The first-order valence-corrected chi connectivity index (χ1v) is 10.7. The van der Waals surface area contributed by atoms with Crippen LogP contribution in [-0.2, 0) is 28.3 Å². The van der Waals surface area contributed by atoms with Crippen molar-refractivity contribution in [1.29, 1.82) is 0 Å². The molecule has 190 valence electrons. The lowest BCUT2D eigenvalue weighted by atomic mass is 9.82. The van der Waals surface area contributed by atoms with Crippen LogP contribution in [0.4, 0.5) is 31.1 Å². The molecule has 7 nitrogen and oxygen atoms in total. The zero-order valence-electron chi connectivity index (χ0n) is 18.1. The van der Waals surface area contributed by atoms with Gasteiger partial charge in [-0.1, -0.05) is 19.3 Å². The van der Waals surface area contributed by atoms with Crippen LogP contribution < -0.4 is 16.4 Å². The lowest BCUT2D eigenvalue weighted by Crippen LogP contribution is -2.44. The molecule has 1 aliphatic rings. The SMILES string of the molecule is NC(CCCB(O)OC(=O)NCc1cc(C(F)(F)F)cc(C(F)(F)F)c1)NC(=O)C1CCCC1. The van der Waals surface area contributed by atoms with E-state index >= 15 is 0 Å². The average Bonchev–Trinajstić information content (AvgIpc) is 3.26. The molecule has 1 atom stereocenters. The Morgan fingerprint density at radius 2 is 1.65 bits per heavy atom. The van der Waals surface area contributed by atoms with Gasteiger partial charge in [-0.2, -0.15) is 26.3 Å². The van der Waals surface area contributed by atoms with E-state index in [0.717, 1.165) is 25.7 Å². The quantitative estimate of drug-likeness (QED) is 0.236. The molecule has 0 saturated heterocycles. The highest BCUT2D eigenvalue weighted by Gasteiger charge is 2.37. The molecule has 1 aromatic carbocycles. The van der Waals surface area contributed by atoms with E-state index in [4.69, 9.17) is 5.73 Å². The van der Waals surface area contributed by atoms with Crippen LogP contribution in [0.5, 0.6) is 0 Å². The number of nitrogens with two attached hydrogens (primary N) is 1. The van der Waals surface area contributed by atoms with Gasteiger partial charge in [-0.15, -0.1) is 0 Å². The average molecular weight is 497 g/mol. The van der Waals surface area contributed by atoms with Crippen LogP contribution in [0.15, 0.2) is 18.2 Å². The van der Waals surface area contributed by atoms with Crippen molar-refractivity contribution in [3.63, 3.8) is 0 Å². The van der Waals surface area contributed by atoms with Gasteiger partial charge in [0.25, 0.3) is 0 Å². The van der Waals surface area contributed by atoms with Crippen molar-refractivity contribution in [1.82, 2.24) is 10.6 Å². The third-order valence-corrected chi connectivity index (χ3v) is 5.35. The minimum atomic E-state index is -5.01. The highest BCUT2D eigenvalue weighted by atomic mass is 19.4. The maximum atomic E-state index is 12.9. The second-order valence-electron chi connectivity index (χ2n) is 8.16. The summed E-state index contributed by atoms with van der Waals surface area (Å²) in [5, 5.41) is 14.5. The number of halogens is 6. The number of alkyl halides is 6. The Kier molecular flexibility index (Phi) is 9.62. The molecule has 1 aromatic rings. The molecule has 0 aliphatic heterocycles. The summed E-state index contributed by atoms with van der Waals surface area (Å²) in [4.78, 5) is 23.8. The van der Waals surface area contributed by atoms with Crippen molar-refractivity contribution >= 4 is 19.1 Å². The van der Waals surface area contributed by atoms with E-state index in [9.17, 15) is 41.0 Å². The molecular weight excluding hydrogens is 471 g/mol. The molecule has 0 radical (unpaired) electrons. The summed E-state index contributed by atoms with van der Waals surface area (Å²) >= 11 is 0. The van der Waals surface area contributed by atoms with Gasteiger partial charge >= 0.3 is 25.6 Å². The van der Waals surface area contributed by atoms with Gasteiger partial charge in [0.05, 0.1) is 17.3 Å². The number of hydrogen-bond acceptors (Lipinski definition) is 5. The predicted molar refractivity (Wildman–Crippen MR) is 110 cm³/mol. The summed E-state index contributed by atoms with van der Waals surface area (Å²) in [6, 6.07) is 0.937. The second-order valence-corrected chi connectivity index (χ2v) is 8.16. The van der Waals surface area contributed by atoms with Crippen molar-refractivity contribution < 1.29 is 45.6 Å². The van der Waals surface area contributed by atoms with Crippen LogP contribution in [0.3, 0.4) is 0 Å². The van der Waals surface area contributed by atoms with Crippen molar-refractivity contribution in [2.75, 3.05) is 0 Å². The maximum Gasteiger partial charge on any atom is 0.525 e. The van der Waals surface area contributed by atoms with Crippen molar-refractivity contribution in [2.45, 2.75) is 69.9 Å². The van der Waals surface area contributed by atoms with Gasteiger partial charge < -0.3 is 26.0 Å². The smallest absolute Gasteiger partial charge is 0.493 e. The van der Waals surface area contributed by atoms with Gasteiger partial charge in [-0.25, -0.2) is 4.79 Å². The Balaban J connectivity index is 1.77. The van der Waals surface area contributed by atoms with Crippen LogP contribution in [-0.4, -0.2) is 30.3 Å². The van der Waals surface area contributed by atoms with Crippen molar-refractivity contribution in [2.24, 2.45) is 11.7 Å². The summed E-state index contributed by atoms with van der Waals surface area (Å²) < 4.78 is 82.0. The van der Waals surface area contributed by atoms with Gasteiger partial charge in [0.2, 0.25) is 5.91 Å². The molecule has 2 amide bonds. The monoisotopic (exact) mass is 497 g/mol. The minimum absolute atomic E-state index is 0.0214. The number of hydrogen-bond donors (Lipinski definition) is 4. The molecular formula is C20H26BF6N3O4. The molecule has 34 heavy (non-hydrogen) atoms. The first-order chi connectivity index (χ1) is 15.8. The van der Waals surface area contributed by atoms with Gasteiger partial charge in [0, 0.05) is 12.5 Å². The Bertz CT molecular complexity index is 814. The fraction of sp³-hybridized carbons (Fsp3) is 0.600. The predicted octanol–water partition coefficient (Wildman–Crippen LogP) is 3.80. The molecule has 14 heteroatoms. The van der Waals surface area contributed by atoms with Crippen LogP contribution in [0, 0.1) is 5.92 Å². The summed E-state index contributed by atoms with van der Waals surface area (Å²) in [5.74, 6) is -0.169. The number of rotatable bonds is 9. The maximum absolute atomic E-state index is 12.9. The summed E-state index contributed by atoms with van der Waals surface area (Å²) in [6.45, 7) is -0.684. The molecule has 1 aliphatic carbocycles. The molecule has 0 aromatic heterocycles. The lowest BCUT2D eigenvalue weighted by Gasteiger charge is -2.17. The van der Waals surface area contributed by atoms with Gasteiger partial charge in [-0.3, -0.25) is 4.79 Å². The molecule has 2 rings (SSSR count). The fourth-order valence-electron chi connectivity index (χ4n) is 3.59. The normalized spacial score (nSPS) is 15.6. The minimum Gasteiger partial charge on any atom is -0.493 e. The van der Waals surface area contributed by atoms with Gasteiger partial charge in [0.1, 0.15) is 0 Å². The second kappa shape index (κ2) is 11.8. The Morgan fingerprint density at radius 1 is 1.09 bits per heavy atom. The van der Waals surface area contributed by atoms with Crippen LogP contribution >= 0.6 is 0 Å². The van der Waals surface area contributed by atoms with Crippen LogP contribution in [0.25, 0.3) is 0 Å². The summed E-state index contributed by atoms with van der Waals surface area (Å²) in [7, 11) is -1.58. The zero-order valence-corrected chi connectivity index (χ0v) is 18.1. The van der Waals surface area contributed by atoms with E-state index in [1.54, 1.807) is 0 Å². The van der Waals surface area contributed by atoms with Gasteiger partial charge in [-0.05, 0) is 49.3 Å². The number of amides is 2. The van der Waals surface area contributed by atoms with E-state index in [1.807, 2.05) is 5.32 Å². The largest absolute Gasteiger partial charge is 0.525 e. The molecule has 5 N–H and O–H groups in total. The van der Waals surface area contributed by atoms with E-state index < -0.39 is 55.0 Å². The Morgan fingerprint density at radius 3 is 2.18 bits per heavy atom. The number of benzene rings is 1. The molecule has 0 heterocycles. The van der Waals surface area contributed by atoms with E-state index in [1.165, 1.54) is 0 Å². The molecule has 1 fully saturated rings. The van der Waals surface area contributed by atoms with E-state index in [-0.39, 0.29) is 30.6 Å². The lowest BCUT2D eigenvalue weighted by molar-refractivity contribution is -0.143. The van der Waals surface area contributed by atoms with Crippen molar-refractivity contribution in [3.8, 4) is 0 Å². The summed E-state index contributed by atoms with van der Waals surface area (Å²) in [5.41, 5.74) is 2.37. The van der Waals surface area contributed by atoms with Crippen LogP contribution in [0.1, 0.15) is 55.2 Å². The van der Waals surface area contributed by atoms with Crippen LogP contribution in [0.2, 0.25) is 6.32 Å². The molecule has 1 saturated carbocycles. The number of carbonyl (C=O) groups is 2. The first-order valence-electron chi connectivity index (χ1n) is 10.7.